The number of aryl methyl sites for hydroxylation is 3. The summed E-state index contributed by atoms with van der Waals surface area (Å²) in [7, 11) is 1.65. The van der Waals surface area contributed by atoms with E-state index in [0.29, 0.717) is 6.42 Å². The highest BCUT2D eigenvalue weighted by Crippen LogP contribution is 2.25. The third-order valence-corrected chi connectivity index (χ3v) is 3.55. The van der Waals surface area contributed by atoms with E-state index in [-0.39, 0.29) is 0 Å². The van der Waals surface area contributed by atoms with E-state index in [1.807, 2.05) is 25.1 Å². The van der Waals surface area contributed by atoms with Crippen molar-refractivity contribution in [1.29, 1.82) is 0 Å². The number of hydrogen-bond acceptors (Lipinski definition) is 2. The Morgan fingerprint density at radius 1 is 1.00 bits per heavy atom. The van der Waals surface area contributed by atoms with E-state index < -0.39 is 6.10 Å². The summed E-state index contributed by atoms with van der Waals surface area (Å²) in [5.41, 5.74) is 5.66. The SMILES string of the molecule is COc1ccc(C(O)Cc2cc(C)cc(C)c2)c(C)c1. The smallest absolute Gasteiger partial charge is 0.119 e. The first-order chi connectivity index (χ1) is 9.49. The molecule has 0 fully saturated rings. The van der Waals surface area contributed by atoms with Crippen LogP contribution in [0, 0.1) is 20.8 Å². The Morgan fingerprint density at radius 2 is 1.65 bits per heavy atom. The Morgan fingerprint density at radius 3 is 2.20 bits per heavy atom. The minimum Gasteiger partial charge on any atom is -0.497 e. The molecule has 0 radical (unpaired) electrons. The molecule has 2 heteroatoms. The molecule has 1 unspecified atom stereocenters. The van der Waals surface area contributed by atoms with Gasteiger partial charge in [0.1, 0.15) is 5.75 Å². The first-order valence-electron chi connectivity index (χ1n) is 6.89. The highest BCUT2D eigenvalue weighted by Gasteiger charge is 2.12. The maximum atomic E-state index is 10.5. The fourth-order valence-electron chi connectivity index (χ4n) is 2.67. The van der Waals surface area contributed by atoms with Gasteiger partial charge in [-0.1, -0.05) is 35.4 Å². The van der Waals surface area contributed by atoms with E-state index in [4.69, 9.17) is 4.74 Å². The molecule has 0 saturated carbocycles. The van der Waals surface area contributed by atoms with Crippen LogP contribution in [0.5, 0.6) is 5.75 Å². The normalized spacial score (nSPS) is 12.2. The molecular weight excluding hydrogens is 248 g/mol. The van der Waals surface area contributed by atoms with E-state index in [1.165, 1.54) is 16.7 Å². The summed E-state index contributed by atoms with van der Waals surface area (Å²) in [6.45, 7) is 6.17. The van der Waals surface area contributed by atoms with E-state index in [0.717, 1.165) is 16.9 Å². The highest BCUT2D eigenvalue weighted by atomic mass is 16.5. The van der Waals surface area contributed by atoms with Crippen LogP contribution >= 0.6 is 0 Å². The second kappa shape index (κ2) is 6.10. The molecule has 0 aliphatic heterocycles. The number of aliphatic hydroxyl groups is 1. The lowest BCUT2D eigenvalue weighted by molar-refractivity contribution is 0.177. The lowest BCUT2D eigenvalue weighted by Gasteiger charge is -2.15. The number of ether oxygens (including phenoxy) is 1. The molecule has 0 heterocycles. The van der Waals surface area contributed by atoms with Crippen LogP contribution in [0.2, 0.25) is 0 Å². The average Bonchev–Trinajstić information content (AvgIpc) is 2.36. The molecule has 0 saturated heterocycles. The quantitative estimate of drug-likeness (QED) is 0.913. The first kappa shape index (κ1) is 14.6. The molecule has 0 amide bonds. The monoisotopic (exact) mass is 270 g/mol. The van der Waals surface area contributed by atoms with Crippen LogP contribution in [0.25, 0.3) is 0 Å². The zero-order chi connectivity index (χ0) is 14.7. The third-order valence-electron chi connectivity index (χ3n) is 3.55. The summed E-state index contributed by atoms with van der Waals surface area (Å²) in [4.78, 5) is 0. The summed E-state index contributed by atoms with van der Waals surface area (Å²) in [6, 6.07) is 12.2. The molecule has 0 spiro atoms. The number of rotatable bonds is 4. The van der Waals surface area contributed by atoms with Gasteiger partial charge in [-0.15, -0.1) is 0 Å². The van der Waals surface area contributed by atoms with Gasteiger partial charge < -0.3 is 9.84 Å². The summed E-state index contributed by atoms with van der Waals surface area (Å²) in [6.07, 6.45) is 0.150. The van der Waals surface area contributed by atoms with Crippen molar-refractivity contribution < 1.29 is 9.84 Å². The molecule has 1 atom stereocenters. The van der Waals surface area contributed by atoms with Crippen molar-refractivity contribution >= 4 is 0 Å². The molecule has 0 aliphatic rings. The Labute approximate surface area is 121 Å². The molecule has 1 N–H and O–H groups in total. The van der Waals surface area contributed by atoms with Crippen molar-refractivity contribution in [2.45, 2.75) is 33.3 Å². The standard InChI is InChI=1S/C18H22O2/c1-12-7-13(2)9-15(8-12)11-18(19)17-6-5-16(20-4)10-14(17)3/h5-10,18-19H,11H2,1-4H3. The highest BCUT2D eigenvalue weighted by molar-refractivity contribution is 5.37. The van der Waals surface area contributed by atoms with E-state index in [1.54, 1.807) is 7.11 Å². The first-order valence-corrected chi connectivity index (χ1v) is 6.89. The van der Waals surface area contributed by atoms with Gasteiger partial charge in [0.15, 0.2) is 0 Å². The molecule has 0 aliphatic carbocycles. The van der Waals surface area contributed by atoms with Crippen molar-refractivity contribution in [3.63, 3.8) is 0 Å². The second-order valence-electron chi connectivity index (χ2n) is 5.44. The van der Waals surface area contributed by atoms with E-state index in [2.05, 4.69) is 32.0 Å². The van der Waals surface area contributed by atoms with Gasteiger partial charge in [0.2, 0.25) is 0 Å². The molecule has 2 aromatic rings. The van der Waals surface area contributed by atoms with Gasteiger partial charge in [0.25, 0.3) is 0 Å². The molecule has 0 bridgehead atoms. The Hall–Kier alpha value is -1.80. The number of benzene rings is 2. The topological polar surface area (TPSA) is 29.5 Å². The van der Waals surface area contributed by atoms with Crippen LogP contribution in [0.15, 0.2) is 36.4 Å². The molecule has 20 heavy (non-hydrogen) atoms. The van der Waals surface area contributed by atoms with Crippen LogP contribution in [0.1, 0.15) is 33.9 Å². The molecule has 2 aromatic carbocycles. The largest absolute Gasteiger partial charge is 0.497 e. The molecule has 2 nitrogen and oxygen atoms in total. The maximum Gasteiger partial charge on any atom is 0.119 e. The van der Waals surface area contributed by atoms with Gasteiger partial charge in [0, 0.05) is 6.42 Å². The Bertz CT molecular complexity index is 582. The van der Waals surface area contributed by atoms with Gasteiger partial charge >= 0.3 is 0 Å². The predicted molar refractivity (Wildman–Crippen MR) is 82.3 cm³/mol. The molecule has 106 valence electrons. The molecular formula is C18H22O2. The van der Waals surface area contributed by atoms with Crippen LogP contribution in [0.4, 0.5) is 0 Å². The van der Waals surface area contributed by atoms with Crippen LogP contribution in [-0.4, -0.2) is 12.2 Å². The summed E-state index contributed by atoms with van der Waals surface area (Å²) < 4.78 is 5.20. The van der Waals surface area contributed by atoms with Crippen LogP contribution in [-0.2, 0) is 6.42 Å². The molecule has 2 rings (SSSR count). The minimum absolute atomic E-state index is 0.484. The zero-order valence-corrected chi connectivity index (χ0v) is 12.6. The minimum atomic E-state index is -0.484. The number of hydrogen-bond donors (Lipinski definition) is 1. The van der Waals surface area contributed by atoms with Gasteiger partial charge in [-0.3, -0.25) is 0 Å². The fourth-order valence-corrected chi connectivity index (χ4v) is 2.67. The third kappa shape index (κ3) is 3.40. The maximum absolute atomic E-state index is 10.5. The Balaban J connectivity index is 2.21. The zero-order valence-electron chi connectivity index (χ0n) is 12.6. The Kier molecular flexibility index (Phi) is 4.46. The average molecular weight is 270 g/mol. The van der Waals surface area contributed by atoms with Crippen LogP contribution < -0.4 is 4.74 Å². The lowest BCUT2D eigenvalue weighted by Crippen LogP contribution is -2.04. The van der Waals surface area contributed by atoms with Gasteiger partial charge in [-0.25, -0.2) is 0 Å². The molecule has 0 aromatic heterocycles. The summed E-state index contributed by atoms with van der Waals surface area (Å²) in [5, 5.41) is 10.5. The summed E-state index contributed by atoms with van der Waals surface area (Å²) >= 11 is 0. The van der Waals surface area contributed by atoms with Crippen LogP contribution in [0.3, 0.4) is 0 Å². The lowest BCUT2D eigenvalue weighted by atomic mass is 9.96. The van der Waals surface area contributed by atoms with Crippen molar-refractivity contribution in [2.24, 2.45) is 0 Å². The number of methoxy groups -OCH3 is 1. The van der Waals surface area contributed by atoms with Crippen molar-refractivity contribution in [3.8, 4) is 5.75 Å². The van der Waals surface area contributed by atoms with Gasteiger partial charge in [-0.2, -0.15) is 0 Å². The number of aliphatic hydroxyl groups excluding tert-OH is 1. The van der Waals surface area contributed by atoms with Crippen molar-refractivity contribution in [3.05, 3.63) is 64.2 Å². The fraction of sp³-hybridized carbons (Fsp3) is 0.333. The summed E-state index contributed by atoms with van der Waals surface area (Å²) in [5.74, 6) is 0.824. The van der Waals surface area contributed by atoms with Gasteiger partial charge in [-0.05, 0) is 49.6 Å². The van der Waals surface area contributed by atoms with E-state index in [9.17, 15) is 5.11 Å². The predicted octanol–water partition coefficient (Wildman–Crippen LogP) is 3.90. The van der Waals surface area contributed by atoms with E-state index >= 15 is 0 Å². The van der Waals surface area contributed by atoms with Crippen molar-refractivity contribution in [1.82, 2.24) is 0 Å². The second-order valence-corrected chi connectivity index (χ2v) is 5.44. The van der Waals surface area contributed by atoms with Gasteiger partial charge in [0.05, 0.1) is 13.2 Å². The van der Waals surface area contributed by atoms with Crippen molar-refractivity contribution in [2.75, 3.05) is 7.11 Å².